The fraction of sp³-hybridized carbons (Fsp3) is 0.375. The summed E-state index contributed by atoms with van der Waals surface area (Å²) in [6, 6.07) is -0.950. The first-order valence-electron chi connectivity index (χ1n) is 4.86. The first-order chi connectivity index (χ1) is 8.38. The highest BCUT2D eigenvalue weighted by atomic mass is 35.5. The van der Waals surface area contributed by atoms with E-state index in [1.54, 1.807) is 0 Å². The molecular weight excluding hydrogens is 302 g/mol. The van der Waals surface area contributed by atoms with Gasteiger partial charge >= 0.3 is 0 Å². The molecule has 98 valence electrons. The van der Waals surface area contributed by atoms with Crippen LogP contribution in [0.25, 0.3) is 0 Å². The highest BCUT2D eigenvalue weighted by Gasteiger charge is 2.31. The van der Waals surface area contributed by atoms with Crippen LogP contribution in [0.15, 0.2) is 10.4 Å². The normalized spacial score (nSPS) is 20.8. The van der Waals surface area contributed by atoms with E-state index in [-0.39, 0.29) is 21.5 Å². The van der Waals surface area contributed by atoms with Crippen LogP contribution in [0.1, 0.15) is 12.8 Å². The topological polar surface area (TPSA) is 105 Å². The van der Waals surface area contributed by atoms with Gasteiger partial charge in [0.05, 0.1) is 6.20 Å². The van der Waals surface area contributed by atoms with Gasteiger partial charge in [-0.25, -0.2) is 13.4 Å². The van der Waals surface area contributed by atoms with Crippen LogP contribution < -0.4 is 10.0 Å². The number of nitrogens with one attached hydrogen (secondary N) is 2. The highest BCUT2D eigenvalue weighted by Crippen LogP contribution is 2.22. The Balaban J connectivity index is 2.14. The fourth-order valence-corrected chi connectivity index (χ4v) is 3.95. The molecule has 0 radical (unpaired) electrons. The average molecular weight is 310 g/mol. The molecule has 2 amide bonds. The Bertz CT molecular complexity index is 597. The number of sulfonamides is 1. The average Bonchev–Trinajstić information content (AvgIpc) is 2.70. The summed E-state index contributed by atoms with van der Waals surface area (Å²) < 4.78 is 26.0. The maximum atomic E-state index is 11.9. The first kappa shape index (κ1) is 13.4. The summed E-state index contributed by atoms with van der Waals surface area (Å²) in [4.78, 5) is 26.0. The van der Waals surface area contributed by atoms with Crippen LogP contribution in [0.2, 0.25) is 4.47 Å². The lowest BCUT2D eigenvalue weighted by atomic mass is 10.1. The maximum Gasteiger partial charge on any atom is 0.252 e. The molecule has 1 unspecified atom stereocenters. The molecule has 2 N–H and O–H groups in total. The van der Waals surface area contributed by atoms with Gasteiger partial charge in [-0.15, -0.1) is 0 Å². The molecule has 1 aromatic rings. The smallest absolute Gasteiger partial charge is 0.252 e. The third-order valence-corrected chi connectivity index (χ3v) is 5.31. The molecule has 0 bridgehead atoms. The van der Waals surface area contributed by atoms with Gasteiger partial charge in [0.25, 0.3) is 10.0 Å². The Morgan fingerprint density at radius 2 is 2.22 bits per heavy atom. The summed E-state index contributed by atoms with van der Waals surface area (Å²) in [7, 11) is -3.84. The van der Waals surface area contributed by atoms with Crippen LogP contribution in [0.3, 0.4) is 0 Å². The van der Waals surface area contributed by atoms with Gasteiger partial charge in [-0.2, -0.15) is 4.72 Å². The third kappa shape index (κ3) is 2.86. The van der Waals surface area contributed by atoms with Crippen molar-refractivity contribution >= 4 is 44.8 Å². The van der Waals surface area contributed by atoms with E-state index < -0.39 is 27.9 Å². The predicted molar refractivity (Wildman–Crippen MR) is 63.6 cm³/mol. The predicted octanol–water partition coefficient (Wildman–Crippen LogP) is -0.120. The van der Waals surface area contributed by atoms with Crippen LogP contribution in [0, 0.1) is 0 Å². The minimum Gasteiger partial charge on any atom is -0.295 e. The zero-order valence-electron chi connectivity index (χ0n) is 8.84. The third-order valence-electron chi connectivity index (χ3n) is 2.26. The number of thiazole rings is 1. The minimum absolute atomic E-state index is 0.0720. The largest absolute Gasteiger partial charge is 0.295 e. The van der Waals surface area contributed by atoms with Gasteiger partial charge in [-0.05, 0) is 6.42 Å². The maximum absolute atomic E-state index is 11.9. The highest BCUT2D eigenvalue weighted by molar-refractivity contribution is 7.91. The second-order valence-corrected chi connectivity index (χ2v) is 7.11. The molecule has 1 aliphatic heterocycles. The Morgan fingerprint density at radius 1 is 1.50 bits per heavy atom. The van der Waals surface area contributed by atoms with Crippen molar-refractivity contribution in [2.75, 3.05) is 0 Å². The van der Waals surface area contributed by atoms with Crippen molar-refractivity contribution in [2.24, 2.45) is 0 Å². The lowest BCUT2D eigenvalue weighted by molar-refractivity contribution is -0.134. The van der Waals surface area contributed by atoms with Crippen LogP contribution in [-0.4, -0.2) is 31.3 Å². The van der Waals surface area contributed by atoms with Gasteiger partial charge in [-0.3, -0.25) is 14.9 Å². The number of carbonyl (C=O) groups is 2. The summed E-state index contributed by atoms with van der Waals surface area (Å²) in [5.74, 6) is -1.05. The molecule has 18 heavy (non-hydrogen) atoms. The molecule has 0 spiro atoms. The van der Waals surface area contributed by atoms with E-state index in [2.05, 4.69) is 15.0 Å². The second-order valence-electron chi connectivity index (χ2n) is 3.56. The molecule has 1 saturated heterocycles. The van der Waals surface area contributed by atoms with Crippen LogP contribution in [0.5, 0.6) is 0 Å². The molecule has 1 aliphatic rings. The molecular formula is C8H8ClN3O4S2. The zero-order chi connectivity index (χ0) is 13.3. The number of halogens is 1. The van der Waals surface area contributed by atoms with Crippen LogP contribution >= 0.6 is 22.9 Å². The van der Waals surface area contributed by atoms with Gasteiger partial charge in [-0.1, -0.05) is 22.9 Å². The van der Waals surface area contributed by atoms with E-state index in [0.29, 0.717) is 0 Å². The van der Waals surface area contributed by atoms with Crippen molar-refractivity contribution in [3.63, 3.8) is 0 Å². The van der Waals surface area contributed by atoms with Crippen molar-refractivity contribution in [1.82, 2.24) is 15.0 Å². The van der Waals surface area contributed by atoms with E-state index in [9.17, 15) is 18.0 Å². The molecule has 1 atom stereocenters. The monoisotopic (exact) mass is 309 g/mol. The minimum atomic E-state index is -3.84. The number of hydrogen-bond acceptors (Lipinski definition) is 6. The van der Waals surface area contributed by atoms with E-state index in [0.717, 1.165) is 17.5 Å². The number of piperidine rings is 1. The first-order valence-corrected chi connectivity index (χ1v) is 7.53. The van der Waals surface area contributed by atoms with Crippen molar-refractivity contribution in [3.05, 3.63) is 10.7 Å². The van der Waals surface area contributed by atoms with E-state index >= 15 is 0 Å². The molecule has 0 aliphatic carbocycles. The summed E-state index contributed by atoms with van der Waals surface area (Å²) in [5.41, 5.74) is 0. The van der Waals surface area contributed by atoms with E-state index in [1.807, 2.05) is 0 Å². The molecule has 1 fully saturated rings. The number of carbonyl (C=O) groups excluding carboxylic acids is 2. The summed E-state index contributed by atoms with van der Waals surface area (Å²) in [5, 5.41) is 2.07. The number of amides is 2. The summed E-state index contributed by atoms with van der Waals surface area (Å²) >= 11 is 6.34. The SMILES string of the molecule is O=C1CCC(NS(=O)(=O)c2cnc(Cl)s2)C(=O)N1. The van der Waals surface area contributed by atoms with Crippen LogP contribution in [-0.2, 0) is 19.6 Å². The number of hydrogen-bond donors (Lipinski definition) is 2. The number of aromatic nitrogens is 1. The Kier molecular flexibility index (Phi) is 3.66. The van der Waals surface area contributed by atoms with E-state index in [4.69, 9.17) is 11.6 Å². The molecule has 0 aromatic carbocycles. The summed E-state index contributed by atoms with van der Waals surface area (Å²) in [6.07, 6.45) is 1.35. The Hall–Kier alpha value is -1.03. The molecule has 2 heterocycles. The number of rotatable bonds is 3. The van der Waals surface area contributed by atoms with Crippen molar-refractivity contribution in [2.45, 2.75) is 23.1 Å². The molecule has 10 heteroatoms. The lowest BCUT2D eigenvalue weighted by Crippen LogP contribution is -2.52. The molecule has 1 aromatic heterocycles. The quantitative estimate of drug-likeness (QED) is 0.757. The van der Waals surface area contributed by atoms with Crippen LogP contribution in [0.4, 0.5) is 0 Å². The summed E-state index contributed by atoms with van der Waals surface area (Å²) in [6.45, 7) is 0. The van der Waals surface area contributed by atoms with Gasteiger partial charge < -0.3 is 0 Å². The lowest BCUT2D eigenvalue weighted by Gasteiger charge is -2.21. The van der Waals surface area contributed by atoms with Gasteiger partial charge in [0.15, 0.2) is 8.68 Å². The van der Waals surface area contributed by atoms with E-state index in [1.165, 1.54) is 0 Å². The zero-order valence-corrected chi connectivity index (χ0v) is 11.2. The van der Waals surface area contributed by atoms with Crippen molar-refractivity contribution < 1.29 is 18.0 Å². The molecule has 7 nitrogen and oxygen atoms in total. The number of imide groups is 1. The Labute approximate surface area is 112 Å². The van der Waals surface area contributed by atoms with Crippen molar-refractivity contribution in [1.29, 1.82) is 0 Å². The van der Waals surface area contributed by atoms with Gasteiger partial charge in [0.2, 0.25) is 11.8 Å². The van der Waals surface area contributed by atoms with Gasteiger partial charge in [0.1, 0.15) is 6.04 Å². The van der Waals surface area contributed by atoms with Crippen molar-refractivity contribution in [3.8, 4) is 0 Å². The fourth-order valence-electron chi connectivity index (χ4n) is 1.41. The standard InChI is InChI=1S/C8H8ClN3O4S2/c9-8-10-3-6(17-8)18(15,16)12-4-1-2-5(13)11-7(4)14/h3-4,12H,1-2H2,(H,11,13,14). The number of nitrogens with zero attached hydrogens (tertiary/aromatic N) is 1. The Morgan fingerprint density at radius 3 is 2.78 bits per heavy atom. The second kappa shape index (κ2) is 4.92. The molecule has 2 rings (SSSR count). The van der Waals surface area contributed by atoms with Gasteiger partial charge in [0, 0.05) is 6.42 Å². The molecule has 0 saturated carbocycles.